The van der Waals surface area contributed by atoms with Gasteiger partial charge in [0.15, 0.2) is 0 Å². The molecule has 0 atom stereocenters. The normalized spacial score (nSPS) is 17.9. The second kappa shape index (κ2) is 7.47. The maximum Gasteiger partial charge on any atom is 0.573 e. The summed E-state index contributed by atoms with van der Waals surface area (Å²) in [5, 5.41) is 12.6. The van der Waals surface area contributed by atoms with Crippen LogP contribution in [-0.2, 0) is 4.79 Å². The van der Waals surface area contributed by atoms with Gasteiger partial charge in [-0.05, 0) is 37.3 Å². The summed E-state index contributed by atoms with van der Waals surface area (Å²) >= 11 is 0.997. The van der Waals surface area contributed by atoms with Gasteiger partial charge in [0, 0.05) is 23.2 Å². The molecule has 1 aliphatic heterocycles. The number of hydrogen-bond acceptors (Lipinski definition) is 5. The Morgan fingerprint density at radius 2 is 2.00 bits per heavy atom. The van der Waals surface area contributed by atoms with E-state index in [2.05, 4.69) is 21.6 Å². The molecule has 2 rings (SSSR count). The highest BCUT2D eigenvalue weighted by Crippen LogP contribution is 2.34. The number of aliphatic carboxylic acids is 1. The van der Waals surface area contributed by atoms with Crippen LogP contribution < -0.4 is 10.1 Å². The Balaban J connectivity index is 2.23. The van der Waals surface area contributed by atoms with E-state index in [1.165, 1.54) is 36.5 Å². The molecule has 2 N–H and O–H groups in total. The number of nitrogens with zero attached hydrogens (tertiary/aromatic N) is 1. The maximum atomic E-state index is 12.2. The molecule has 0 spiro atoms. The number of halogens is 3. The molecule has 1 heterocycles. The number of rotatable bonds is 5. The molecule has 0 fully saturated rings. The largest absolute Gasteiger partial charge is 0.573 e. The van der Waals surface area contributed by atoms with E-state index in [1.54, 1.807) is 6.92 Å². The van der Waals surface area contributed by atoms with E-state index in [-0.39, 0.29) is 10.7 Å². The summed E-state index contributed by atoms with van der Waals surface area (Å²) in [4.78, 5) is 15.3. The van der Waals surface area contributed by atoms with Gasteiger partial charge in [0.1, 0.15) is 10.8 Å². The Labute approximate surface area is 145 Å². The fraction of sp³-hybridized carbons (Fsp3) is 0.125. The topological polar surface area (TPSA) is 70.9 Å². The van der Waals surface area contributed by atoms with Crippen molar-refractivity contribution in [1.82, 2.24) is 0 Å². The van der Waals surface area contributed by atoms with Crippen molar-refractivity contribution >= 4 is 28.5 Å². The number of alkyl halides is 3. The number of benzene rings is 1. The molecule has 1 aromatic rings. The highest BCUT2D eigenvalue weighted by atomic mass is 32.2. The second-order valence-electron chi connectivity index (χ2n) is 4.77. The summed E-state index contributed by atoms with van der Waals surface area (Å²) in [5.41, 5.74) is 1.67. The van der Waals surface area contributed by atoms with E-state index in [9.17, 15) is 18.0 Å². The monoisotopic (exact) mass is 370 g/mol. The van der Waals surface area contributed by atoms with Crippen LogP contribution in [0.1, 0.15) is 6.92 Å². The lowest BCUT2D eigenvalue weighted by molar-refractivity contribution is -0.274. The minimum atomic E-state index is -4.75. The van der Waals surface area contributed by atoms with E-state index in [4.69, 9.17) is 5.11 Å². The van der Waals surface area contributed by atoms with Crippen LogP contribution in [0.5, 0.6) is 5.75 Å². The number of nitrogens with one attached hydrogen (secondary N) is 1. The SMILES string of the molecule is C=C/N=C1/SC(C(=O)O)=C/C1=C(/C)Nc1ccc(OC(F)(F)F)cc1. The molecule has 0 saturated heterocycles. The van der Waals surface area contributed by atoms with Crippen molar-refractivity contribution in [3.63, 3.8) is 0 Å². The number of carbonyl (C=O) groups is 1. The van der Waals surface area contributed by atoms with Crippen molar-refractivity contribution < 1.29 is 27.8 Å². The first-order valence-electron chi connectivity index (χ1n) is 6.85. The maximum absolute atomic E-state index is 12.2. The lowest BCUT2D eigenvalue weighted by atomic mass is 10.2. The molecule has 0 bridgehead atoms. The van der Waals surface area contributed by atoms with E-state index in [0.717, 1.165) is 11.8 Å². The first-order valence-corrected chi connectivity index (χ1v) is 7.67. The number of allylic oxidation sites excluding steroid dienone is 2. The van der Waals surface area contributed by atoms with Gasteiger partial charge in [-0.25, -0.2) is 9.79 Å². The molecular weight excluding hydrogens is 357 g/mol. The molecule has 0 radical (unpaired) electrons. The first kappa shape index (κ1) is 18.7. The summed E-state index contributed by atoms with van der Waals surface area (Å²) < 4.78 is 40.3. The molecule has 25 heavy (non-hydrogen) atoms. The molecular formula is C16H13F3N2O3S. The molecule has 0 saturated carbocycles. The molecule has 132 valence electrons. The van der Waals surface area contributed by atoms with E-state index in [1.807, 2.05) is 0 Å². The number of thioether (sulfide) groups is 1. The second-order valence-corrected chi connectivity index (χ2v) is 5.80. The number of carboxylic acid groups (broad SMARTS) is 1. The van der Waals surface area contributed by atoms with Crippen LogP contribution >= 0.6 is 11.8 Å². The zero-order valence-electron chi connectivity index (χ0n) is 12.9. The third-order valence-electron chi connectivity index (χ3n) is 2.96. The van der Waals surface area contributed by atoms with Crippen LogP contribution in [0.25, 0.3) is 0 Å². The number of aliphatic imine (C=N–C) groups is 1. The number of ether oxygens (including phenoxy) is 1. The van der Waals surface area contributed by atoms with Crippen molar-refractivity contribution in [2.75, 3.05) is 5.32 Å². The number of anilines is 1. The average Bonchev–Trinajstić information content (AvgIpc) is 2.92. The molecule has 0 unspecified atom stereocenters. The van der Waals surface area contributed by atoms with Gasteiger partial charge in [-0.1, -0.05) is 18.3 Å². The first-order chi connectivity index (χ1) is 11.7. The zero-order valence-corrected chi connectivity index (χ0v) is 13.7. The standard InChI is InChI=1S/C16H13F3N2O3S/c1-3-20-14-12(8-13(25-14)15(22)23)9(2)21-10-4-6-11(7-5-10)24-16(17,18)19/h3-8,21H,1H2,2H3,(H,22,23)/b12-9+,20-14+. The van der Waals surface area contributed by atoms with Gasteiger partial charge in [-0.2, -0.15) is 0 Å². The summed E-state index contributed by atoms with van der Waals surface area (Å²) in [6.45, 7) is 5.19. The lowest BCUT2D eigenvalue weighted by Crippen LogP contribution is -2.17. The minimum Gasteiger partial charge on any atom is -0.477 e. The van der Waals surface area contributed by atoms with Gasteiger partial charge < -0.3 is 15.2 Å². The summed E-state index contributed by atoms with van der Waals surface area (Å²) in [6.07, 6.45) is -1.97. The van der Waals surface area contributed by atoms with Crippen LogP contribution in [0.15, 0.2) is 64.3 Å². The van der Waals surface area contributed by atoms with E-state index >= 15 is 0 Å². The van der Waals surface area contributed by atoms with Crippen molar-refractivity contribution in [3.8, 4) is 5.75 Å². The predicted octanol–water partition coefficient (Wildman–Crippen LogP) is 4.53. The lowest BCUT2D eigenvalue weighted by Gasteiger charge is -2.12. The molecule has 0 amide bonds. The van der Waals surface area contributed by atoms with E-state index in [0.29, 0.717) is 22.0 Å². The third kappa shape index (κ3) is 5.15. The van der Waals surface area contributed by atoms with Gasteiger partial charge >= 0.3 is 12.3 Å². The zero-order chi connectivity index (χ0) is 18.6. The fourth-order valence-electron chi connectivity index (χ4n) is 1.96. The summed E-state index contributed by atoms with van der Waals surface area (Å²) in [6, 6.07) is 5.18. The Morgan fingerprint density at radius 1 is 1.36 bits per heavy atom. The highest BCUT2D eigenvalue weighted by molar-refractivity contribution is 8.18. The Kier molecular flexibility index (Phi) is 5.58. The van der Waals surface area contributed by atoms with Crippen molar-refractivity contribution in [2.24, 2.45) is 4.99 Å². The smallest absolute Gasteiger partial charge is 0.477 e. The molecule has 1 aromatic carbocycles. The van der Waals surface area contributed by atoms with Gasteiger partial charge in [-0.15, -0.1) is 13.2 Å². The van der Waals surface area contributed by atoms with Crippen LogP contribution in [0.2, 0.25) is 0 Å². The van der Waals surface area contributed by atoms with Gasteiger partial charge in [0.2, 0.25) is 0 Å². The molecule has 0 aromatic heterocycles. The molecule has 5 nitrogen and oxygen atoms in total. The van der Waals surface area contributed by atoms with Crippen LogP contribution in [0.4, 0.5) is 18.9 Å². The highest BCUT2D eigenvalue weighted by Gasteiger charge is 2.31. The quantitative estimate of drug-likeness (QED) is 0.797. The molecule has 9 heteroatoms. The van der Waals surface area contributed by atoms with Gasteiger partial charge in [0.25, 0.3) is 0 Å². The Hall–Kier alpha value is -2.68. The fourth-order valence-corrected chi connectivity index (χ4v) is 2.88. The molecule has 0 aliphatic carbocycles. The minimum absolute atomic E-state index is 0.116. The summed E-state index contributed by atoms with van der Waals surface area (Å²) in [7, 11) is 0. The number of hydrogen-bond donors (Lipinski definition) is 2. The van der Waals surface area contributed by atoms with Crippen LogP contribution in [0.3, 0.4) is 0 Å². The van der Waals surface area contributed by atoms with Crippen molar-refractivity contribution in [1.29, 1.82) is 0 Å². The number of carboxylic acids is 1. The Morgan fingerprint density at radius 3 is 2.52 bits per heavy atom. The van der Waals surface area contributed by atoms with Gasteiger partial charge in [-0.3, -0.25) is 0 Å². The van der Waals surface area contributed by atoms with Crippen LogP contribution in [0, 0.1) is 0 Å². The third-order valence-corrected chi connectivity index (χ3v) is 3.99. The van der Waals surface area contributed by atoms with Gasteiger partial charge in [0.05, 0.1) is 4.91 Å². The molecule has 1 aliphatic rings. The van der Waals surface area contributed by atoms with Crippen molar-refractivity contribution in [2.45, 2.75) is 13.3 Å². The Bertz CT molecular complexity index is 781. The predicted molar refractivity (Wildman–Crippen MR) is 90.4 cm³/mol. The van der Waals surface area contributed by atoms with E-state index < -0.39 is 12.3 Å². The van der Waals surface area contributed by atoms with Crippen LogP contribution in [-0.4, -0.2) is 22.5 Å². The average molecular weight is 370 g/mol. The van der Waals surface area contributed by atoms with Crippen molar-refractivity contribution in [3.05, 3.63) is 59.3 Å². The summed E-state index contributed by atoms with van der Waals surface area (Å²) in [5.74, 6) is -1.40.